The fourth-order valence-electron chi connectivity index (χ4n) is 2.73. The molecule has 2 fully saturated rings. The van der Waals surface area contributed by atoms with E-state index in [0.29, 0.717) is 18.2 Å². The minimum absolute atomic E-state index is 0.182. The Kier molecular flexibility index (Phi) is 3.69. The van der Waals surface area contributed by atoms with Crippen LogP contribution >= 0.6 is 11.6 Å². The number of hydrogen-bond acceptors (Lipinski definition) is 3. The summed E-state index contributed by atoms with van der Waals surface area (Å²) < 4.78 is 27.3. The van der Waals surface area contributed by atoms with Crippen molar-refractivity contribution in [2.24, 2.45) is 17.8 Å². The largest absolute Gasteiger partial charge is 0.398 e. The van der Waals surface area contributed by atoms with E-state index in [4.69, 9.17) is 17.3 Å². The highest BCUT2D eigenvalue weighted by Crippen LogP contribution is 2.48. The molecule has 3 N–H and O–H groups in total. The van der Waals surface area contributed by atoms with Gasteiger partial charge in [0.2, 0.25) is 10.0 Å². The summed E-state index contributed by atoms with van der Waals surface area (Å²) in [5.41, 5.74) is 5.99. The van der Waals surface area contributed by atoms with Gasteiger partial charge in [0.15, 0.2) is 0 Å². The highest BCUT2D eigenvalue weighted by atomic mass is 35.5. The van der Waals surface area contributed by atoms with Gasteiger partial charge >= 0.3 is 0 Å². The second-order valence-corrected chi connectivity index (χ2v) is 8.05. The molecule has 20 heavy (non-hydrogen) atoms. The Labute approximate surface area is 124 Å². The molecule has 0 spiro atoms. The first-order valence-corrected chi connectivity index (χ1v) is 8.88. The maximum atomic E-state index is 12.3. The quantitative estimate of drug-likeness (QED) is 0.793. The van der Waals surface area contributed by atoms with Gasteiger partial charge in [-0.15, -0.1) is 0 Å². The van der Waals surface area contributed by atoms with E-state index in [1.54, 1.807) is 0 Å². The summed E-state index contributed by atoms with van der Waals surface area (Å²) in [6, 6.07) is 4.42. The normalized spacial score (nSPS) is 19.5. The van der Waals surface area contributed by atoms with Crippen molar-refractivity contribution >= 4 is 27.3 Å². The number of rotatable bonds is 6. The number of nitrogen functional groups attached to an aromatic ring is 1. The van der Waals surface area contributed by atoms with Crippen LogP contribution in [-0.4, -0.2) is 15.0 Å². The highest BCUT2D eigenvalue weighted by molar-refractivity contribution is 7.89. The molecule has 0 atom stereocenters. The predicted octanol–water partition coefficient (Wildman–Crippen LogP) is 2.64. The van der Waals surface area contributed by atoms with Crippen molar-refractivity contribution in [1.82, 2.24) is 4.72 Å². The van der Waals surface area contributed by atoms with Crippen molar-refractivity contribution in [3.05, 3.63) is 23.2 Å². The van der Waals surface area contributed by atoms with Crippen LogP contribution in [0, 0.1) is 17.8 Å². The molecule has 0 heterocycles. The van der Waals surface area contributed by atoms with Crippen molar-refractivity contribution in [3.8, 4) is 0 Å². The number of hydrogen-bond donors (Lipinski definition) is 2. The van der Waals surface area contributed by atoms with Gasteiger partial charge in [-0.1, -0.05) is 11.6 Å². The van der Waals surface area contributed by atoms with Crippen LogP contribution in [0.1, 0.15) is 25.7 Å². The summed E-state index contributed by atoms with van der Waals surface area (Å²) in [6.45, 7) is 0.541. The Morgan fingerprint density at radius 3 is 2.35 bits per heavy atom. The summed E-state index contributed by atoms with van der Waals surface area (Å²) >= 11 is 5.89. The average Bonchev–Trinajstić information content (AvgIpc) is 3.25. The number of benzene rings is 1. The highest BCUT2D eigenvalue weighted by Gasteiger charge is 2.41. The average molecular weight is 315 g/mol. The molecular formula is C14H19ClN2O2S. The lowest BCUT2D eigenvalue weighted by molar-refractivity contribution is 0.401. The molecule has 2 saturated carbocycles. The molecule has 2 aliphatic rings. The van der Waals surface area contributed by atoms with Gasteiger partial charge in [-0.3, -0.25) is 0 Å². The Balaban J connectivity index is 1.69. The summed E-state index contributed by atoms with van der Waals surface area (Å²) in [4.78, 5) is 0.182. The Morgan fingerprint density at radius 1 is 1.25 bits per heavy atom. The summed E-state index contributed by atoms with van der Waals surface area (Å²) in [7, 11) is -3.50. The second kappa shape index (κ2) is 5.20. The van der Waals surface area contributed by atoms with Crippen LogP contribution in [0.3, 0.4) is 0 Å². The molecular weight excluding hydrogens is 296 g/mol. The molecule has 1 aromatic carbocycles. The van der Waals surface area contributed by atoms with E-state index in [1.165, 1.54) is 43.9 Å². The molecule has 1 aromatic rings. The number of nitrogens with one attached hydrogen (secondary N) is 1. The Bertz CT molecular complexity index is 598. The Morgan fingerprint density at radius 2 is 1.85 bits per heavy atom. The smallest absolute Gasteiger partial charge is 0.240 e. The monoisotopic (exact) mass is 314 g/mol. The topological polar surface area (TPSA) is 72.2 Å². The SMILES string of the molecule is Nc1ccc(S(=O)(=O)NCC(C2CC2)C2CC2)cc1Cl. The first-order valence-electron chi connectivity index (χ1n) is 7.02. The van der Waals surface area contributed by atoms with Crippen LogP contribution in [0.5, 0.6) is 0 Å². The molecule has 0 aromatic heterocycles. The fraction of sp³-hybridized carbons (Fsp3) is 0.571. The van der Waals surface area contributed by atoms with Gasteiger partial charge < -0.3 is 5.73 Å². The van der Waals surface area contributed by atoms with Crippen LogP contribution in [0.25, 0.3) is 0 Å². The third kappa shape index (κ3) is 3.10. The van der Waals surface area contributed by atoms with Gasteiger partial charge in [-0.25, -0.2) is 13.1 Å². The standard InChI is InChI=1S/C14H19ClN2O2S/c15-13-7-11(5-6-14(13)16)20(18,19)17-8-12(9-1-2-9)10-3-4-10/h5-7,9-10,12,17H,1-4,8,16H2. The van der Waals surface area contributed by atoms with Crippen molar-refractivity contribution in [3.63, 3.8) is 0 Å². The van der Waals surface area contributed by atoms with Crippen molar-refractivity contribution < 1.29 is 8.42 Å². The van der Waals surface area contributed by atoms with E-state index in [2.05, 4.69) is 4.72 Å². The van der Waals surface area contributed by atoms with Gasteiger partial charge in [-0.2, -0.15) is 0 Å². The van der Waals surface area contributed by atoms with E-state index in [-0.39, 0.29) is 9.92 Å². The molecule has 0 radical (unpaired) electrons. The fourth-order valence-corrected chi connectivity index (χ4v) is 4.08. The van der Waals surface area contributed by atoms with E-state index in [0.717, 1.165) is 11.8 Å². The molecule has 0 bridgehead atoms. The molecule has 110 valence electrons. The van der Waals surface area contributed by atoms with Crippen LogP contribution in [0.4, 0.5) is 5.69 Å². The molecule has 0 aliphatic heterocycles. The zero-order valence-electron chi connectivity index (χ0n) is 11.2. The van der Waals surface area contributed by atoms with Crippen molar-refractivity contribution in [2.45, 2.75) is 30.6 Å². The number of sulfonamides is 1. The van der Waals surface area contributed by atoms with Crippen LogP contribution < -0.4 is 10.5 Å². The minimum Gasteiger partial charge on any atom is -0.398 e. The lowest BCUT2D eigenvalue weighted by Gasteiger charge is -2.16. The second-order valence-electron chi connectivity index (χ2n) is 5.87. The molecule has 4 nitrogen and oxygen atoms in total. The van der Waals surface area contributed by atoms with E-state index >= 15 is 0 Å². The summed E-state index contributed by atoms with van der Waals surface area (Å²) in [6.07, 6.45) is 4.99. The van der Waals surface area contributed by atoms with Crippen LogP contribution in [0.2, 0.25) is 5.02 Å². The van der Waals surface area contributed by atoms with Crippen molar-refractivity contribution in [1.29, 1.82) is 0 Å². The molecule has 2 aliphatic carbocycles. The first kappa shape index (κ1) is 14.2. The van der Waals surface area contributed by atoms with Gasteiger partial charge in [0.25, 0.3) is 0 Å². The van der Waals surface area contributed by atoms with E-state index < -0.39 is 10.0 Å². The molecule has 6 heteroatoms. The zero-order chi connectivity index (χ0) is 14.3. The molecule has 0 amide bonds. The van der Waals surface area contributed by atoms with Crippen molar-refractivity contribution in [2.75, 3.05) is 12.3 Å². The van der Waals surface area contributed by atoms with E-state index in [1.807, 2.05) is 0 Å². The van der Waals surface area contributed by atoms with Gasteiger partial charge in [0, 0.05) is 6.54 Å². The Hall–Kier alpha value is -0.780. The molecule has 3 rings (SSSR count). The summed E-state index contributed by atoms with van der Waals surface area (Å²) in [5, 5.41) is 0.272. The predicted molar refractivity (Wildman–Crippen MR) is 80.0 cm³/mol. The molecule has 0 unspecified atom stereocenters. The van der Waals surface area contributed by atoms with Gasteiger partial charge in [0.1, 0.15) is 0 Å². The number of halogens is 1. The van der Waals surface area contributed by atoms with Gasteiger partial charge in [-0.05, 0) is 61.6 Å². The zero-order valence-corrected chi connectivity index (χ0v) is 12.8. The van der Waals surface area contributed by atoms with Crippen LogP contribution in [0.15, 0.2) is 23.1 Å². The molecule has 0 saturated heterocycles. The third-order valence-electron chi connectivity index (χ3n) is 4.25. The lowest BCUT2D eigenvalue weighted by atomic mass is 9.99. The van der Waals surface area contributed by atoms with Gasteiger partial charge in [0.05, 0.1) is 15.6 Å². The first-order chi connectivity index (χ1) is 9.47. The summed E-state index contributed by atoms with van der Waals surface area (Å²) in [5.74, 6) is 1.95. The minimum atomic E-state index is -3.50. The maximum Gasteiger partial charge on any atom is 0.240 e. The third-order valence-corrected chi connectivity index (χ3v) is 5.99. The lowest BCUT2D eigenvalue weighted by Crippen LogP contribution is -2.31. The maximum absolute atomic E-state index is 12.3. The number of anilines is 1. The number of nitrogens with two attached hydrogens (primary N) is 1. The van der Waals surface area contributed by atoms with Crippen LogP contribution in [-0.2, 0) is 10.0 Å². The van der Waals surface area contributed by atoms with E-state index in [9.17, 15) is 8.42 Å².